The first-order valence-electron chi connectivity index (χ1n) is 6.83. The Morgan fingerprint density at radius 2 is 2.28 bits per heavy atom. The Hall–Kier alpha value is -1.45. The summed E-state index contributed by atoms with van der Waals surface area (Å²) in [5.74, 6) is 0.812. The van der Waals surface area contributed by atoms with E-state index in [1.54, 1.807) is 6.07 Å². The van der Waals surface area contributed by atoms with Gasteiger partial charge < -0.3 is 15.6 Å². The van der Waals surface area contributed by atoms with E-state index in [1.807, 2.05) is 24.6 Å². The van der Waals surface area contributed by atoms with Gasteiger partial charge in [0, 0.05) is 18.8 Å². The first-order chi connectivity index (χ1) is 8.58. The van der Waals surface area contributed by atoms with Crippen molar-refractivity contribution in [3.05, 3.63) is 18.0 Å². The van der Waals surface area contributed by atoms with Crippen LogP contribution in [-0.4, -0.2) is 17.0 Å². The fourth-order valence-corrected chi connectivity index (χ4v) is 2.37. The van der Waals surface area contributed by atoms with Crippen LogP contribution in [0, 0.1) is 5.92 Å². The van der Waals surface area contributed by atoms with Gasteiger partial charge in [0.2, 0.25) is 0 Å². The maximum absolute atomic E-state index is 12.1. The summed E-state index contributed by atoms with van der Waals surface area (Å²) in [5.41, 5.74) is 7.07. The van der Waals surface area contributed by atoms with Gasteiger partial charge in [-0.2, -0.15) is 0 Å². The number of hydrogen-bond acceptors (Lipinski definition) is 2. The average molecular weight is 249 g/mol. The molecule has 0 unspecified atom stereocenters. The van der Waals surface area contributed by atoms with Crippen LogP contribution in [0.15, 0.2) is 12.3 Å². The summed E-state index contributed by atoms with van der Waals surface area (Å²) in [6.45, 7) is 4.86. The molecule has 1 aliphatic rings. The number of nitrogens with one attached hydrogen (secondary N) is 1. The second-order valence-electron chi connectivity index (χ2n) is 5.50. The zero-order valence-electron chi connectivity index (χ0n) is 11.3. The minimum Gasteiger partial charge on any atom is -0.397 e. The largest absolute Gasteiger partial charge is 0.397 e. The lowest BCUT2D eigenvalue weighted by molar-refractivity contribution is 0.0938. The quantitative estimate of drug-likeness (QED) is 0.842. The Bertz CT molecular complexity index is 419. The topological polar surface area (TPSA) is 60.0 Å². The highest BCUT2D eigenvalue weighted by molar-refractivity contribution is 5.93. The normalized spacial score (nSPS) is 15.7. The van der Waals surface area contributed by atoms with Crippen LogP contribution >= 0.6 is 0 Å². The molecule has 1 heterocycles. The molecule has 1 saturated carbocycles. The Morgan fingerprint density at radius 1 is 1.56 bits per heavy atom. The van der Waals surface area contributed by atoms with Crippen molar-refractivity contribution in [3.8, 4) is 0 Å². The molecule has 0 bridgehead atoms. The summed E-state index contributed by atoms with van der Waals surface area (Å²) in [7, 11) is 0. The number of hydrogen-bond donors (Lipinski definition) is 2. The van der Waals surface area contributed by atoms with E-state index < -0.39 is 0 Å². The van der Waals surface area contributed by atoms with Gasteiger partial charge in [-0.05, 0) is 32.3 Å². The van der Waals surface area contributed by atoms with E-state index in [0.717, 1.165) is 18.9 Å². The van der Waals surface area contributed by atoms with Crippen molar-refractivity contribution in [3.63, 3.8) is 0 Å². The van der Waals surface area contributed by atoms with Gasteiger partial charge in [-0.3, -0.25) is 4.79 Å². The van der Waals surface area contributed by atoms with Gasteiger partial charge in [-0.25, -0.2) is 0 Å². The number of anilines is 1. The van der Waals surface area contributed by atoms with Gasteiger partial charge in [0.1, 0.15) is 5.69 Å². The monoisotopic (exact) mass is 249 g/mol. The molecule has 1 aromatic rings. The molecule has 3 N–H and O–H groups in total. The number of aromatic nitrogens is 1. The van der Waals surface area contributed by atoms with Crippen molar-refractivity contribution in [1.82, 2.24) is 9.88 Å². The van der Waals surface area contributed by atoms with E-state index in [4.69, 9.17) is 5.73 Å². The maximum atomic E-state index is 12.1. The number of nitrogen functional groups attached to an aromatic ring is 1. The van der Waals surface area contributed by atoms with Crippen molar-refractivity contribution in [2.24, 2.45) is 5.92 Å². The second kappa shape index (κ2) is 5.46. The molecular formula is C14H23N3O. The van der Waals surface area contributed by atoms with Gasteiger partial charge in [0.15, 0.2) is 0 Å². The van der Waals surface area contributed by atoms with Crippen LogP contribution in [0.5, 0.6) is 0 Å². The maximum Gasteiger partial charge on any atom is 0.267 e. The highest BCUT2D eigenvalue weighted by Gasteiger charge is 2.18. The Morgan fingerprint density at radius 3 is 2.83 bits per heavy atom. The van der Waals surface area contributed by atoms with Crippen LogP contribution in [0.3, 0.4) is 0 Å². The molecule has 2 rings (SSSR count). The molecule has 0 saturated heterocycles. The average Bonchev–Trinajstić information content (AvgIpc) is 2.64. The number of amides is 1. The van der Waals surface area contributed by atoms with E-state index >= 15 is 0 Å². The molecule has 0 aromatic carbocycles. The van der Waals surface area contributed by atoms with Crippen molar-refractivity contribution < 1.29 is 4.79 Å². The number of rotatable bonds is 5. The van der Waals surface area contributed by atoms with E-state index in [-0.39, 0.29) is 11.9 Å². The molecule has 1 aromatic heterocycles. The van der Waals surface area contributed by atoms with Crippen molar-refractivity contribution in [1.29, 1.82) is 0 Å². The van der Waals surface area contributed by atoms with Crippen LogP contribution in [-0.2, 0) is 0 Å². The lowest BCUT2D eigenvalue weighted by atomic mass is 9.83. The third kappa shape index (κ3) is 2.86. The van der Waals surface area contributed by atoms with Crippen LogP contribution in [0.1, 0.15) is 56.1 Å². The second-order valence-corrected chi connectivity index (χ2v) is 5.50. The Labute approximate surface area is 109 Å². The zero-order valence-corrected chi connectivity index (χ0v) is 11.3. The molecule has 1 amide bonds. The lowest BCUT2D eigenvalue weighted by Crippen LogP contribution is -2.29. The van der Waals surface area contributed by atoms with Gasteiger partial charge in [0.25, 0.3) is 5.91 Å². The minimum absolute atomic E-state index is 0.0141. The highest BCUT2D eigenvalue weighted by atomic mass is 16.1. The third-order valence-corrected chi connectivity index (χ3v) is 3.72. The molecule has 1 aliphatic carbocycles. The number of nitrogens with zero attached hydrogens (tertiary/aromatic N) is 1. The first kappa shape index (κ1) is 13.0. The number of nitrogens with two attached hydrogens (primary N) is 1. The predicted octanol–water partition coefficient (Wildman–Crippen LogP) is 2.57. The molecule has 4 heteroatoms. The molecular weight excluding hydrogens is 226 g/mol. The summed E-state index contributed by atoms with van der Waals surface area (Å²) in [6.07, 6.45) is 6.93. The molecule has 0 atom stereocenters. The first-order valence-corrected chi connectivity index (χ1v) is 6.83. The smallest absolute Gasteiger partial charge is 0.267 e. The molecule has 100 valence electrons. The number of carbonyl (C=O) groups excluding carboxylic acids is 1. The minimum atomic E-state index is -0.0141. The Balaban J connectivity index is 1.90. The Kier molecular flexibility index (Phi) is 3.94. The summed E-state index contributed by atoms with van der Waals surface area (Å²) < 4.78 is 1.92. The lowest BCUT2D eigenvalue weighted by Gasteiger charge is -2.25. The molecule has 4 nitrogen and oxygen atoms in total. The van der Waals surface area contributed by atoms with Crippen molar-refractivity contribution in [2.45, 2.75) is 45.6 Å². The molecule has 0 radical (unpaired) electrons. The summed E-state index contributed by atoms with van der Waals surface area (Å²) >= 11 is 0. The molecule has 0 spiro atoms. The fraction of sp³-hybridized carbons (Fsp3) is 0.643. The summed E-state index contributed by atoms with van der Waals surface area (Å²) in [4.78, 5) is 12.1. The van der Waals surface area contributed by atoms with Crippen LogP contribution in [0.4, 0.5) is 5.69 Å². The summed E-state index contributed by atoms with van der Waals surface area (Å²) in [6, 6.07) is 1.99. The van der Waals surface area contributed by atoms with E-state index in [1.165, 1.54) is 19.3 Å². The fourth-order valence-electron chi connectivity index (χ4n) is 2.37. The SMILES string of the molecule is CC(C)n1cc(N)cc1C(=O)NCCC1CCC1. The van der Waals surface area contributed by atoms with E-state index in [2.05, 4.69) is 5.32 Å². The van der Waals surface area contributed by atoms with Gasteiger partial charge in [-0.15, -0.1) is 0 Å². The van der Waals surface area contributed by atoms with Crippen molar-refractivity contribution in [2.75, 3.05) is 12.3 Å². The van der Waals surface area contributed by atoms with Crippen LogP contribution in [0.2, 0.25) is 0 Å². The van der Waals surface area contributed by atoms with Crippen LogP contribution in [0.25, 0.3) is 0 Å². The third-order valence-electron chi connectivity index (χ3n) is 3.72. The highest BCUT2D eigenvalue weighted by Crippen LogP contribution is 2.28. The molecule has 0 aliphatic heterocycles. The van der Waals surface area contributed by atoms with Gasteiger partial charge in [0.05, 0.1) is 5.69 Å². The predicted molar refractivity (Wildman–Crippen MR) is 73.5 cm³/mol. The van der Waals surface area contributed by atoms with Crippen LogP contribution < -0.4 is 11.1 Å². The summed E-state index contributed by atoms with van der Waals surface area (Å²) in [5, 5.41) is 2.99. The zero-order chi connectivity index (χ0) is 13.1. The molecule has 18 heavy (non-hydrogen) atoms. The van der Waals surface area contributed by atoms with Crippen molar-refractivity contribution >= 4 is 11.6 Å². The number of carbonyl (C=O) groups is 1. The molecule has 1 fully saturated rings. The van der Waals surface area contributed by atoms with E-state index in [9.17, 15) is 4.79 Å². The van der Waals surface area contributed by atoms with Gasteiger partial charge >= 0.3 is 0 Å². The standard InChI is InChI=1S/C14H23N3O/c1-10(2)17-9-12(15)8-13(17)14(18)16-7-6-11-4-3-5-11/h8-11H,3-7,15H2,1-2H3,(H,16,18). The van der Waals surface area contributed by atoms with E-state index in [0.29, 0.717) is 11.4 Å². The van der Waals surface area contributed by atoms with Gasteiger partial charge in [-0.1, -0.05) is 19.3 Å².